The van der Waals surface area contributed by atoms with Gasteiger partial charge in [0, 0.05) is 19.1 Å². The highest BCUT2D eigenvalue weighted by Gasteiger charge is 2.28. The molecule has 1 aliphatic heterocycles. The maximum Gasteiger partial charge on any atom is 0.235 e. The van der Waals surface area contributed by atoms with E-state index in [0.717, 1.165) is 23.7 Å². The van der Waals surface area contributed by atoms with Gasteiger partial charge < -0.3 is 5.32 Å². The van der Waals surface area contributed by atoms with Crippen LogP contribution in [0.5, 0.6) is 0 Å². The summed E-state index contributed by atoms with van der Waals surface area (Å²) in [6.45, 7) is 3.51. The first-order valence-electron chi connectivity index (χ1n) is 9.45. The van der Waals surface area contributed by atoms with Crippen molar-refractivity contribution in [2.45, 2.75) is 44.7 Å². The molecule has 0 spiro atoms. The summed E-state index contributed by atoms with van der Waals surface area (Å²) >= 11 is 0. The number of benzene rings is 2. The smallest absolute Gasteiger partial charge is 0.235 e. The second kappa shape index (κ2) is 7.05. The largest absolute Gasteiger partial charge is 0.306 e. The predicted octanol–water partition coefficient (Wildman–Crippen LogP) is 3.95. The van der Waals surface area contributed by atoms with Crippen LogP contribution in [0.2, 0.25) is 0 Å². The Morgan fingerprint density at radius 1 is 1.15 bits per heavy atom. The van der Waals surface area contributed by atoms with Crippen LogP contribution in [-0.2, 0) is 16.6 Å². The van der Waals surface area contributed by atoms with Gasteiger partial charge in [-0.3, -0.25) is 4.31 Å². The lowest BCUT2D eigenvalue weighted by molar-refractivity contribution is 0.574. The lowest BCUT2D eigenvalue weighted by Gasteiger charge is -2.20. The van der Waals surface area contributed by atoms with Crippen LogP contribution in [0.25, 0.3) is 0 Å². The van der Waals surface area contributed by atoms with Crippen LogP contribution in [0.4, 0.5) is 5.69 Å². The molecule has 2 aromatic carbocycles. The van der Waals surface area contributed by atoms with E-state index in [0.29, 0.717) is 13.0 Å². The lowest BCUT2D eigenvalue weighted by Crippen LogP contribution is -2.25. The maximum absolute atomic E-state index is 12.1. The topological polar surface area (TPSA) is 49.4 Å². The molecule has 0 aromatic heterocycles. The van der Waals surface area contributed by atoms with Crippen LogP contribution < -0.4 is 9.62 Å². The molecular formula is C21H26N2O2S. The van der Waals surface area contributed by atoms with Crippen LogP contribution in [0.3, 0.4) is 0 Å². The van der Waals surface area contributed by atoms with E-state index in [4.69, 9.17) is 0 Å². The standard InChI is InChI=1S/C21H26N2O2S/c1-16(22-15-17-6-8-18(9-7-17)19-10-11-19)20-4-2-5-21(14-20)23-12-3-13-26(23,24)25/h2,4-9,14,16,19,22H,3,10-13,15H2,1H3. The molecule has 0 bridgehead atoms. The molecule has 4 nitrogen and oxygen atoms in total. The summed E-state index contributed by atoms with van der Waals surface area (Å²) in [5.41, 5.74) is 4.63. The fraction of sp³-hybridized carbons (Fsp3) is 0.429. The molecule has 1 aliphatic carbocycles. The Morgan fingerprint density at radius 2 is 1.92 bits per heavy atom. The van der Waals surface area contributed by atoms with Crippen molar-refractivity contribution >= 4 is 15.7 Å². The number of nitrogens with one attached hydrogen (secondary N) is 1. The van der Waals surface area contributed by atoms with Gasteiger partial charge in [0.15, 0.2) is 0 Å². The van der Waals surface area contributed by atoms with E-state index >= 15 is 0 Å². The molecule has 138 valence electrons. The third-order valence-corrected chi connectivity index (χ3v) is 7.27. The molecular weight excluding hydrogens is 344 g/mol. The van der Waals surface area contributed by atoms with Gasteiger partial charge >= 0.3 is 0 Å². The number of hydrogen-bond acceptors (Lipinski definition) is 3. The van der Waals surface area contributed by atoms with E-state index < -0.39 is 10.0 Å². The number of anilines is 1. The molecule has 2 fully saturated rings. The van der Waals surface area contributed by atoms with Gasteiger partial charge in [0.25, 0.3) is 0 Å². The molecule has 2 aliphatic rings. The monoisotopic (exact) mass is 370 g/mol. The molecule has 1 heterocycles. The molecule has 2 aromatic rings. The third kappa shape index (κ3) is 3.79. The SMILES string of the molecule is CC(NCc1ccc(C2CC2)cc1)c1cccc(N2CCCS2(=O)=O)c1. The minimum absolute atomic E-state index is 0.156. The Labute approximate surface area is 156 Å². The lowest BCUT2D eigenvalue weighted by atomic mass is 10.1. The molecule has 5 heteroatoms. The molecule has 0 amide bonds. The van der Waals surface area contributed by atoms with Crippen LogP contribution in [-0.4, -0.2) is 20.7 Å². The number of nitrogens with zero attached hydrogens (tertiary/aromatic N) is 1. The molecule has 1 atom stereocenters. The maximum atomic E-state index is 12.1. The van der Waals surface area contributed by atoms with Crippen molar-refractivity contribution in [2.75, 3.05) is 16.6 Å². The Morgan fingerprint density at radius 3 is 2.58 bits per heavy atom. The summed E-state index contributed by atoms with van der Waals surface area (Å²) in [5.74, 6) is 1.04. The number of hydrogen-bond donors (Lipinski definition) is 1. The van der Waals surface area contributed by atoms with Gasteiger partial charge in [0.1, 0.15) is 0 Å². The molecule has 26 heavy (non-hydrogen) atoms. The summed E-state index contributed by atoms with van der Waals surface area (Å²) in [4.78, 5) is 0. The fourth-order valence-corrected chi connectivity index (χ4v) is 5.15. The summed E-state index contributed by atoms with van der Waals surface area (Å²) in [6, 6.07) is 17.0. The van der Waals surface area contributed by atoms with E-state index in [9.17, 15) is 8.42 Å². The van der Waals surface area contributed by atoms with Gasteiger partial charge in [-0.25, -0.2) is 8.42 Å². The Hall–Kier alpha value is -1.85. The number of rotatable bonds is 6. The summed E-state index contributed by atoms with van der Waals surface area (Å²) in [6.07, 6.45) is 3.37. The van der Waals surface area contributed by atoms with Gasteiger partial charge in [0.2, 0.25) is 10.0 Å². The van der Waals surface area contributed by atoms with Crippen LogP contribution in [0.1, 0.15) is 54.8 Å². The number of sulfonamides is 1. The van der Waals surface area contributed by atoms with E-state index in [1.165, 1.54) is 24.0 Å². The van der Waals surface area contributed by atoms with Crippen molar-refractivity contribution in [1.29, 1.82) is 0 Å². The van der Waals surface area contributed by atoms with E-state index in [1.807, 2.05) is 18.2 Å². The van der Waals surface area contributed by atoms with E-state index in [2.05, 4.69) is 42.6 Å². The average Bonchev–Trinajstić information content (AvgIpc) is 3.43. The zero-order valence-electron chi connectivity index (χ0n) is 15.2. The van der Waals surface area contributed by atoms with Gasteiger partial charge in [-0.05, 0) is 60.9 Å². The Balaban J connectivity index is 1.41. The quantitative estimate of drug-likeness (QED) is 0.837. The first-order chi connectivity index (χ1) is 12.5. The molecule has 1 N–H and O–H groups in total. The highest BCUT2D eigenvalue weighted by molar-refractivity contribution is 7.93. The second-order valence-electron chi connectivity index (χ2n) is 7.46. The normalized spacial score (nSPS) is 20.3. The first kappa shape index (κ1) is 17.6. The Bertz CT molecular complexity index is 873. The Kier molecular flexibility index (Phi) is 4.76. The van der Waals surface area contributed by atoms with Crippen LogP contribution >= 0.6 is 0 Å². The average molecular weight is 371 g/mol. The van der Waals surface area contributed by atoms with Crippen LogP contribution in [0, 0.1) is 0 Å². The third-order valence-electron chi connectivity index (χ3n) is 5.40. The summed E-state index contributed by atoms with van der Waals surface area (Å²) in [5, 5.41) is 3.55. The first-order valence-corrected chi connectivity index (χ1v) is 11.1. The second-order valence-corrected chi connectivity index (χ2v) is 9.47. The zero-order chi connectivity index (χ0) is 18.1. The van der Waals surface area contributed by atoms with Gasteiger partial charge in [-0.15, -0.1) is 0 Å². The molecule has 0 radical (unpaired) electrons. The van der Waals surface area contributed by atoms with Crippen molar-refractivity contribution < 1.29 is 8.42 Å². The highest BCUT2D eigenvalue weighted by Crippen LogP contribution is 2.39. The predicted molar refractivity (Wildman–Crippen MR) is 106 cm³/mol. The van der Waals surface area contributed by atoms with Gasteiger partial charge in [0.05, 0.1) is 11.4 Å². The zero-order valence-corrected chi connectivity index (χ0v) is 16.0. The molecule has 1 saturated heterocycles. The van der Waals surface area contributed by atoms with E-state index in [-0.39, 0.29) is 11.8 Å². The minimum Gasteiger partial charge on any atom is -0.306 e. The van der Waals surface area contributed by atoms with Crippen LogP contribution in [0.15, 0.2) is 48.5 Å². The van der Waals surface area contributed by atoms with Crippen molar-refractivity contribution in [3.63, 3.8) is 0 Å². The van der Waals surface area contributed by atoms with Crippen molar-refractivity contribution in [2.24, 2.45) is 0 Å². The summed E-state index contributed by atoms with van der Waals surface area (Å²) < 4.78 is 25.8. The molecule has 4 rings (SSSR count). The minimum atomic E-state index is -3.13. The van der Waals surface area contributed by atoms with Crippen molar-refractivity contribution in [3.05, 3.63) is 65.2 Å². The summed E-state index contributed by atoms with van der Waals surface area (Å²) in [7, 11) is -3.13. The van der Waals surface area contributed by atoms with Crippen molar-refractivity contribution in [1.82, 2.24) is 5.32 Å². The van der Waals surface area contributed by atoms with E-state index in [1.54, 1.807) is 4.31 Å². The highest BCUT2D eigenvalue weighted by atomic mass is 32.2. The van der Waals surface area contributed by atoms with Gasteiger partial charge in [-0.1, -0.05) is 36.4 Å². The molecule has 1 unspecified atom stereocenters. The molecule has 1 saturated carbocycles. The van der Waals surface area contributed by atoms with Gasteiger partial charge in [-0.2, -0.15) is 0 Å². The fourth-order valence-electron chi connectivity index (χ4n) is 3.59. The van der Waals surface area contributed by atoms with Crippen molar-refractivity contribution in [3.8, 4) is 0 Å².